The number of hydrogen-bond donors (Lipinski definition) is 0. The summed E-state index contributed by atoms with van der Waals surface area (Å²) in [6.45, 7) is 3.66. The molecule has 2 saturated carbocycles. The van der Waals surface area contributed by atoms with Gasteiger partial charge in [0.05, 0.1) is 12.7 Å². The second-order valence-corrected chi connectivity index (χ2v) is 7.32. The van der Waals surface area contributed by atoms with Gasteiger partial charge < -0.3 is 13.9 Å². The van der Waals surface area contributed by atoms with E-state index < -0.39 is 0 Å². The van der Waals surface area contributed by atoms with Crippen LogP contribution < -0.4 is 4.74 Å². The van der Waals surface area contributed by atoms with Crippen molar-refractivity contribution < 1.29 is 13.9 Å². The smallest absolute Gasteiger partial charge is 0.137 e. The van der Waals surface area contributed by atoms with Gasteiger partial charge in [0.15, 0.2) is 0 Å². The van der Waals surface area contributed by atoms with Crippen LogP contribution in [0.4, 0.5) is 0 Å². The average Bonchev–Trinajstić information content (AvgIpc) is 3.35. The maximum atomic E-state index is 6.16. The summed E-state index contributed by atoms with van der Waals surface area (Å²) in [5, 5.41) is 1.18. The number of fused-ring (bicyclic) bond motifs is 1. The Kier molecular flexibility index (Phi) is 4.79. The number of furan rings is 1. The largest absolute Gasteiger partial charge is 0.493 e. The zero-order valence-electron chi connectivity index (χ0n) is 14.5. The first kappa shape index (κ1) is 16.0. The van der Waals surface area contributed by atoms with Crippen LogP contribution in [0.3, 0.4) is 0 Å². The fraction of sp³-hybridized carbons (Fsp3) is 0.571. The number of ether oxygens (including phenoxy) is 2. The summed E-state index contributed by atoms with van der Waals surface area (Å²) in [5.41, 5.74) is 0.956. The van der Waals surface area contributed by atoms with Crippen LogP contribution in [-0.4, -0.2) is 19.3 Å². The Hall–Kier alpha value is -1.48. The van der Waals surface area contributed by atoms with Crippen LogP contribution in [0.25, 0.3) is 11.0 Å². The summed E-state index contributed by atoms with van der Waals surface area (Å²) in [6.07, 6.45) is 9.69. The highest BCUT2D eigenvalue weighted by Gasteiger charge is 2.25. The fourth-order valence-corrected chi connectivity index (χ4v) is 3.57. The molecule has 1 radical (unpaired) electrons. The SMILES string of the molecule is C[CH]CO[C@H]1CC[C@H](c2cc3ccc(OCC4CC4)cc3o2)CC1. The third kappa shape index (κ3) is 3.77. The molecule has 3 nitrogen and oxygen atoms in total. The molecule has 2 aromatic rings. The maximum Gasteiger partial charge on any atom is 0.137 e. The first-order valence-electron chi connectivity index (χ1n) is 9.37. The summed E-state index contributed by atoms with van der Waals surface area (Å²) >= 11 is 0. The van der Waals surface area contributed by atoms with Gasteiger partial charge in [-0.1, -0.05) is 6.92 Å². The van der Waals surface area contributed by atoms with Gasteiger partial charge in [-0.25, -0.2) is 0 Å². The summed E-state index contributed by atoms with van der Waals surface area (Å²) < 4.78 is 17.9. The second-order valence-electron chi connectivity index (χ2n) is 7.32. The quantitative estimate of drug-likeness (QED) is 0.674. The molecular formula is C21H27O3. The second kappa shape index (κ2) is 7.18. The molecular weight excluding hydrogens is 300 g/mol. The van der Waals surface area contributed by atoms with Crippen LogP contribution in [-0.2, 0) is 4.74 Å². The molecule has 2 aliphatic rings. The summed E-state index contributed by atoms with van der Waals surface area (Å²) in [5.74, 6) is 3.36. The van der Waals surface area contributed by atoms with Crippen molar-refractivity contribution in [3.63, 3.8) is 0 Å². The van der Waals surface area contributed by atoms with Crippen molar-refractivity contribution in [2.45, 2.75) is 57.5 Å². The van der Waals surface area contributed by atoms with E-state index in [0.717, 1.165) is 61.9 Å². The van der Waals surface area contributed by atoms with E-state index in [2.05, 4.69) is 24.6 Å². The van der Waals surface area contributed by atoms with E-state index in [1.165, 1.54) is 18.2 Å². The van der Waals surface area contributed by atoms with Gasteiger partial charge in [-0.05, 0) is 69.1 Å². The Morgan fingerprint density at radius 2 is 1.92 bits per heavy atom. The predicted molar refractivity (Wildman–Crippen MR) is 95.4 cm³/mol. The van der Waals surface area contributed by atoms with E-state index in [1.807, 2.05) is 13.0 Å². The van der Waals surface area contributed by atoms with Crippen molar-refractivity contribution >= 4 is 11.0 Å². The molecule has 0 aliphatic heterocycles. The van der Waals surface area contributed by atoms with Crippen LogP contribution in [0.15, 0.2) is 28.7 Å². The Balaban J connectivity index is 1.39. The monoisotopic (exact) mass is 327 g/mol. The van der Waals surface area contributed by atoms with Gasteiger partial charge in [-0.3, -0.25) is 0 Å². The first-order valence-corrected chi connectivity index (χ1v) is 9.37. The van der Waals surface area contributed by atoms with E-state index in [1.54, 1.807) is 0 Å². The molecule has 24 heavy (non-hydrogen) atoms. The lowest BCUT2D eigenvalue weighted by atomic mass is 9.86. The summed E-state index contributed by atoms with van der Waals surface area (Å²) in [4.78, 5) is 0. The molecule has 1 heterocycles. The molecule has 0 atom stereocenters. The Morgan fingerprint density at radius 1 is 1.08 bits per heavy atom. The molecule has 0 amide bonds. The van der Waals surface area contributed by atoms with E-state index in [0.29, 0.717) is 12.0 Å². The van der Waals surface area contributed by atoms with Crippen LogP contribution >= 0.6 is 0 Å². The van der Waals surface area contributed by atoms with Crippen molar-refractivity contribution in [2.24, 2.45) is 5.92 Å². The van der Waals surface area contributed by atoms with Gasteiger partial charge in [0.2, 0.25) is 0 Å². The lowest BCUT2D eigenvalue weighted by Gasteiger charge is -2.27. The highest BCUT2D eigenvalue weighted by molar-refractivity contribution is 5.79. The van der Waals surface area contributed by atoms with Crippen LogP contribution in [0.1, 0.15) is 57.1 Å². The number of hydrogen-bond acceptors (Lipinski definition) is 3. The molecule has 0 N–H and O–H groups in total. The minimum Gasteiger partial charge on any atom is -0.493 e. The maximum absolute atomic E-state index is 6.16. The van der Waals surface area contributed by atoms with Crippen molar-refractivity contribution in [3.05, 3.63) is 36.4 Å². The van der Waals surface area contributed by atoms with E-state index in [-0.39, 0.29) is 0 Å². The lowest BCUT2D eigenvalue weighted by Crippen LogP contribution is -2.21. The van der Waals surface area contributed by atoms with Gasteiger partial charge in [-0.2, -0.15) is 0 Å². The van der Waals surface area contributed by atoms with Gasteiger partial charge in [0, 0.05) is 24.0 Å². The third-order valence-electron chi connectivity index (χ3n) is 5.27. The molecule has 129 valence electrons. The van der Waals surface area contributed by atoms with Crippen molar-refractivity contribution in [2.75, 3.05) is 13.2 Å². The Bertz CT molecular complexity index is 663. The normalized spacial score (nSPS) is 24.4. The summed E-state index contributed by atoms with van der Waals surface area (Å²) in [6, 6.07) is 8.45. The third-order valence-corrected chi connectivity index (χ3v) is 5.27. The van der Waals surface area contributed by atoms with Gasteiger partial charge >= 0.3 is 0 Å². The van der Waals surface area contributed by atoms with Crippen LogP contribution in [0.2, 0.25) is 0 Å². The molecule has 0 spiro atoms. The minimum atomic E-state index is 0.421. The van der Waals surface area contributed by atoms with Crippen molar-refractivity contribution in [1.82, 2.24) is 0 Å². The lowest BCUT2D eigenvalue weighted by molar-refractivity contribution is 0.0359. The number of benzene rings is 1. The van der Waals surface area contributed by atoms with E-state index >= 15 is 0 Å². The fourth-order valence-electron chi connectivity index (χ4n) is 3.57. The molecule has 2 fully saturated rings. The topological polar surface area (TPSA) is 31.6 Å². The standard InChI is InChI=1S/C21H27O3/c1-2-11-22-18-8-5-16(6-9-18)20-12-17-7-10-19(13-21(17)24-20)23-14-15-3-4-15/h2,7,10,12-13,15-16,18H,3-6,8-9,11,14H2,1H3/t16-,18-. The highest BCUT2D eigenvalue weighted by Crippen LogP contribution is 2.37. The van der Waals surface area contributed by atoms with E-state index in [4.69, 9.17) is 13.9 Å². The van der Waals surface area contributed by atoms with Crippen molar-refractivity contribution in [1.29, 1.82) is 0 Å². The molecule has 3 heteroatoms. The zero-order chi connectivity index (χ0) is 16.4. The van der Waals surface area contributed by atoms with Crippen LogP contribution in [0, 0.1) is 12.3 Å². The molecule has 0 saturated heterocycles. The Morgan fingerprint density at radius 3 is 2.67 bits per heavy atom. The molecule has 0 bridgehead atoms. The van der Waals surface area contributed by atoms with Crippen LogP contribution in [0.5, 0.6) is 5.75 Å². The molecule has 0 unspecified atom stereocenters. The zero-order valence-corrected chi connectivity index (χ0v) is 14.5. The molecule has 2 aliphatic carbocycles. The highest BCUT2D eigenvalue weighted by atomic mass is 16.5. The number of rotatable bonds is 7. The van der Waals surface area contributed by atoms with Gasteiger partial charge in [-0.15, -0.1) is 0 Å². The predicted octanol–water partition coefficient (Wildman–Crippen LogP) is 5.49. The minimum absolute atomic E-state index is 0.421. The molecule has 1 aromatic heterocycles. The molecule has 4 rings (SSSR count). The summed E-state index contributed by atoms with van der Waals surface area (Å²) in [7, 11) is 0. The van der Waals surface area contributed by atoms with Gasteiger partial charge in [0.1, 0.15) is 17.1 Å². The van der Waals surface area contributed by atoms with E-state index in [9.17, 15) is 0 Å². The molecule has 1 aromatic carbocycles. The van der Waals surface area contributed by atoms with Crippen molar-refractivity contribution in [3.8, 4) is 5.75 Å². The average molecular weight is 327 g/mol. The Labute approximate surface area is 144 Å². The van der Waals surface area contributed by atoms with Gasteiger partial charge in [0.25, 0.3) is 0 Å². The first-order chi connectivity index (χ1) is 11.8.